The zero-order valence-electron chi connectivity index (χ0n) is 12.0. The van der Waals surface area contributed by atoms with Crippen molar-refractivity contribution in [3.8, 4) is 11.4 Å². The van der Waals surface area contributed by atoms with Gasteiger partial charge in [0.15, 0.2) is 11.5 Å². The minimum Gasteiger partial charge on any atom is -0.262 e. The molecule has 5 heteroatoms. The molecule has 0 spiro atoms. The van der Waals surface area contributed by atoms with Crippen LogP contribution in [0, 0.1) is 0 Å². The topological polar surface area (TPSA) is 43.1 Å². The lowest BCUT2D eigenvalue weighted by molar-refractivity contribution is 0.914. The van der Waals surface area contributed by atoms with Gasteiger partial charge in [-0.2, -0.15) is 0 Å². The first kappa shape index (κ1) is 13.2. The van der Waals surface area contributed by atoms with Gasteiger partial charge in [-0.3, -0.25) is 4.40 Å². The second-order valence-electron chi connectivity index (χ2n) is 5.09. The van der Waals surface area contributed by atoms with Gasteiger partial charge in [0, 0.05) is 22.4 Å². The average Bonchev–Trinajstić information content (AvgIpc) is 3.00. The monoisotopic (exact) mass is 308 g/mol. The van der Waals surface area contributed by atoms with Gasteiger partial charge < -0.3 is 0 Å². The second-order valence-corrected chi connectivity index (χ2v) is 5.52. The fourth-order valence-corrected chi connectivity index (χ4v) is 2.80. The summed E-state index contributed by atoms with van der Waals surface area (Å²) < 4.78 is 2.03. The van der Waals surface area contributed by atoms with Crippen molar-refractivity contribution >= 4 is 28.2 Å². The van der Waals surface area contributed by atoms with Crippen molar-refractivity contribution in [1.82, 2.24) is 19.6 Å². The fraction of sp³-hybridized carbons (Fsp3) is 0.118. The minimum absolute atomic E-state index is 0.705. The molecule has 0 saturated carbocycles. The van der Waals surface area contributed by atoms with Crippen molar-refractivity contribution in [3.05, 3.63) is 59.4 Å². The van der Waals surface area contributed by atoms with Crippen molar-refractivity contribution in [3.63, 3.8) is 0 Å². The lowest BCUT2D eigenvalue weighted by Crippen LogP contribution is -2.02. The minimum atomic E-state index is 0.705. The Morgan fingerprint density at radius 3 is 2.55 bits per heavy atom. The third-order valence-electron chi connectivity index (χ3n) is 3.73. The van der Waals surface area contributed by atoms with Crippen molar-refractivity contribution in [2.75, 3.05) is 0 Å². The Morgan fingerprint density at radius 1 is 1.00 bits per heavy atom. The fourth-order valence-electron chi connectivity index (χ4n) is 2.68. The molecule has 0 bridgehead atoms. The summed E-state index contributed by atoms with van der Waals surface area (Å²) >= 11 is 5.97. The van der Waals surface area contributed by atoms with E-state index < -0.39 is 0 Å². The molecule has 0 radical (unpaired) electrons. The molecule has 2 aromatic heterocycles. The largest absolute Gasteiger partial charge is 0.262 e. The Labute approximate surface area is 132 Å². The summed E-state index contributed by atoms with van der Waals surface area (Å²) in [6.07, 6.45) is 0.806. The number of para-hydroxylation sites is 1. The summed E-state index contributed by atoms with van der Waals surface area (Å²) in [5.41, 5.74) is 2.76. The smallest absolute Gasteiger partial charge is 0.171 e. The molecule has 0 amide bonds. The van der Waals surface area contributed by atoms with Crippen molar-refractivity contribution < 1.29 is 0 Å². The normalized spacial score (nSPS) is 11.4. The first-order valence-corrected chi connectivity index (χ1v) is 7.54. The van der Waals surface area contributed by atoms with Crippen LogP contribution in [0.2, 0.25) is 5.02 Å². The van der Waals surface area contributed by atoms with Crippen molar-refractivity contribution in [2.45, 2.75) is 13.3 Å². The number of hydrogen-bond donors (Lipinski definition) is 0. The highest BCUT2D eigenvalue weighted by Gasteiger charge is 2.15. The van der Waals surface area contributed by atoms with Gasteiger partial charge in [-0.1, -0.05) is 30.7 Å². The van der Waals surface area contributed by atoms with Gasteiger partial charge in [0.25, 0.3) is 0 Å². The van der Waals surface area contributed by atoms with E-state index in [1.807, 2.05) is 52.9 Å². The van der Waals surface area contributed by atoms with Gasteiger partial charge in [-0.05, 0) is 36.4 Å². The number of rotatable bonds is 2. The molecule has 4 aromatic rings. The molecule has 0 atom stereocenters. The molecule has 0 unspecified atom stereocenters. The van der Waals surface area contributed by atoms with Crippen LogP contribution in [0.25, 0.3) is 27.9 Å². The van der Waals surface area contributed by atoms with E-state index in [9.17, 15) is 0 Å². The van der Waals surface area contributed by atoms with Crippen LogP contribution in [0.1, 0.15) is 12.7 Å². The summed E-state index contributed by atoms with van der Waals surface area (Å²) in [7, 11) is 0. The SMILES string of the molecule is CCc1nc2ccccc2c2nnc(-c3ccc(Cl)cc3)n12. The molecule has 108 valence electrons. The van der Waals surface area contributed by atoms with Crippen LogP contribution < -0.4 is 0 Å². The van der Waals surface area contributed by atoms with Gasteiger partial charge in [0.05, 0.1) is 5.52 Å². The maximum Gasteiger partial charge on any atom is 0.171 e. The molecule has 4 nitrogen and oxygen atoms in total. The van der Waals surface area contributed by atoms with Crippen LogP contribution >= 0.6 is 11.6 Å². The predicted octanol–water partition coefficient (Wildman–Crippen LogP) is 4.16. The lowest BCUT2D eigenvalue weighted by Gasteiger charge is -2.08. The van der Waals surface area contributed by atoms with Crippen LogP contribution in [-0.2, 0) is 6.42 Å². The van der Waals surface area contributed by atoms with Gasteiger partial charge in [-0.25, -0.2) is 4.98 Å². The maximum absolute atomic E-state index is 5.97. The lowest BCUT2D eigenvalue weighted by atomic mass is 10.2. The molecule has 0 aliphatic heterocycles. The highest BCUT2D eigenvalue weighted by atomic mass is 35.5. The number of nitrogens with zero attached hydrogens (tertiary/aromatic N) is 4. The zero-order chi connectivity index (χ0) is 15.1. The molecule has 4 rings (SSSR count). The first-order valence-electron chi connectivity index (χ1n) is 7.16. The number of benzene rings is 2. The molecular weight excluding hydrogens is 296 g/mol. The van der Waals surface area contributed by atoms with E-state index in [-0.39, 0.29) is 0 Å². The summed E-state index contributed by atoms with van der Waals surface area (Å²) in [6, 6.07) is 15.6. The Hall–Kier alpha value is -2.46. The number of halogens is 1. The van der Waals surface area contributed by atoms with Crippen molar-refractivity contribution in [1.29, 1.82) is 0 Å². The number of hydrogen-bond acceptors (Lipinski definition) is 3. The molecule has 22 heavy (non-hydrogen) atoms. The molecule has 2 aromatic carbocycles. The van der Waals surface area contributed by atoms with Gasteiger partial charge in [0.1, 0.15) is 5.82 Å². The second kappa shape index (κ2) is 5.07. The van der Waals surface area contributed by atoms with E-state index in [0.29, 0.717) is 5.02 Å². The Morgan fingerprint density at radius 2 is 1.77 bits per heavy atom. The molecule has 0 saturated heterocycles. The van der Waals surface area contributed by atoms with Crippen LogP contribution in [0.4, 0.5) is 0 Å². The van der Waals surface area contributed by atoms with Gasteiger partial charge in [-0.15, -0.1) is 10.2 Å². The van der Waals surface area contributed by atoms with E-state index in [1.165, 1.54) is 0 Å². The van der Waals surface area contributed by atoms with E-state index in [4.69, 9.17) is 16.6 Å². The Kier molecular flexibility index (Phi) is 3.05. The van der Waals surface area contributed by atoms with E-state index in [2.05, 4.69) is 17.1 Å². The summed E-state index contributed by atoms with van der Waals surface area (Å²) in [4.78, 5) is 4.75. The molecule has 0 fully saturated rings. The van der Waals surface area contributed by atoms with Gasteiger partial charge in [0.2, 0.25) is 0 Å². The molecule has 0 aliphatic carbocycles. The number of aromatic nitrogens is 4. The third kappa shape index (κ3) is 1.96. The highest BCUT2D eigenvalue weighted by molar-refractivity contribution is 6.30. The summed E-state index contributed by atoms with van der Waals surface area (Å²) in [5.74, 6) is 1.74. The van der Waals surface area contributed by atoms with Crippen LogP contribution in [0.5, 0.6) is 0 Å². The molecule has 2 heterocycles. The predicted molar refractivity (Wildman–Crippen MR) is 88.1 cm³/mol. The summed E-state index contributed by atoms with van der Waals surface area (Å²) in [6.45, 7) is 2.09. The van der Waals surface area contributed by atoms with E-state index in [1.54, 1.807) is 0 Å². The number of aryl methyl sites for hydroxylation is 1. The average molecular weight is 309 g/mol. The van der Waals surface area contributed by atoms with Crippen LogP contribution in [0.3, 0.4) is 0 Å². The quantitative estimate of drug-likeness (QED) is 0.558. The molecule has 0 aliphatic rings. The van der Waals surface area contributed by atoms with Crippen LogP contribution in [-0.4, -0.2) is 19.6 Å². The van der Waals surface area contributed by atoms with Gasteiger partial charge >= 0.3 is 0 Å². The number of fused-ring (bicyclic) bond motifs is 3. The standard InChI is InChI=1S/C17H13ClN4/c1-2-15-19-14-6-4-3-5-13(14)17-21-20-16(22(15)17)11-7-9-12(18)10-8-11/h3-10H,2H2,1H3. The Bertz CT molecular complexity index is 973. The van der Waals surface area contributed by atoms with Crippen LogP contribution in [0.15, 0.2) is 48.5 Å². The molecular formula is C17H13ClN4. The van der Waals surface area contributed by atoms with E-state index in [0.717, 1.165) is 40.2 Å². The zero-order valence-corrected chi connectivity index (χ0v) is 12.7. The van der Waals surface area contributed by atoms with E-state index >= 15 is 0 Å². The first-order chi connectivity index (χ1) is 10.8. The maximum atomic E-state index is 5.97. The molecule has 0 N–H and O–H groups in total. The van der Waals surface area contributed by atoms with Crippen molar-refractivity contribution in [2.24, 2.45) is 0 Å². The highest BCUT2D eigenvalue weighted by Crippen LogP contribution is 2.25. The third-order valence-corrected chi connectivity index (χ3v) is 3.99. The summed E-state index contributed by atoms with van der Waals surface area (Å²) in [5, 5.41) is 10.5. The Balaban J connectivity index is 2.09.